The minimum absolute atomic E-state index is 0. The average Bonchev–Trinajstić information content (AvgIpc) is 2.83. The normalized spacial score (nSPS) is 15.2. The monoisotopic (exact) mass is 300 g/mol. The maximum absolute atomic E-state index is 12.0. The van der Waals surface area contributed by atoms with E-state index in [1.165, 1.54) is 0 Å². The molecule has 0 fully saturated rings. The molecular weight excluding hydrogens is 280 g/mol. The van der Waals surface area contributed by atoms with E-state index in [2.05, 4.69) is 5.32 Å². The fraction of sp³-hybridized carbons (Fsp3) is 0.500. The van der Waals surface area contributed by atoms with Gasteiger partial charge in [0.25, 0.3) is 0 Å². The summed E-state index contributed by atoms with van der Waals surface area (Å²) < 4.78 is 10.5. The lowest BCUT2D eigenvalue weighted by Gasteiger charge is -2.22. The molecule has 0 saturated heterocycles. The van der Waals surface area contributed by atoms with E-state index in [1.54, 1.807) is 6.92 Å². The molecule has 5 nitrogen and oxygen atoms in total. The lowest BCUT2D eigenvalue weighted by atomic mass is 9.96. The number of carbonyl (C=O) groups is 1. The molecule has 0 aliphatic carbocycles. The van der Waals surface area contributed by atoms with Crippen LogP contribution in [0.1, 0.15) is 32.3 Å². The standard InChI is InChI=1S/C14H20N2O3.ClH/c1-3-6-14(2,15)13(17)16-8-10-4-5-11-12(7-10)19-9-18-11;/h4-5,7H,3,6,8-9,15H2,1-2H3,(H,16,17);1H. The zero-order valence-corrected chi connectivity index (χ0v) is 12.6. The fourth-order valence-corrected chi connectivity index (χ4v) is 2.07. The van der Waals surface area contributed by atoms with Crippen LogP contribution < -0.4 is 20.5 Å². The maximum Gasteiger partial charge on any atom is 0.240 e. The molecule has 1 amide bonds. The van der Waals surface area contributed by atoms with E-state index in [0.717, 1.165) is 23.5 Å². The van der Waals surface area contributed by atoms with Crippen LogP contribution in [0.2, 0.25) is 0 Å². The summed E-state index contributed by atoms with van der Waals surface area (Å²) in [4.78, 5) is 12.0. The smallest absolute Gasteiger partial charge is 0.240 e. The van der Waals surface area contributed by atoms with E-state index in [1.807, 2.05) is 25.1 Å². The van der Waals surface area contributed by atoms with E-state index in [4.69, 9.17) is 15.2 Å². The Bertz CT molecular complexity index is 477. The largest absolute Gasteiger partial charge is 0.454 e. The fourth-order valence-electron chi connectivity index (χ4n) is 2.07. The number of fused-ring (bicyclic) bond motifs is 1. The van der Waals surface area contributed by atoms with Gasteiger partial charge in [0.2, 0.25) is 12.7 Å². The summed E-state index contributed by atoms with van der Waals surface area (Å²) in [6.45, 7) is 4.45. The minimum atomic E-state index is -0.814. The number of halogens is 1. The minimum Gasteiger partial charge on any atom is -0.454 e. The molecule has 0 saturated carbocycles. The molecule has 1 aromatic carbocycles. The number of nitrogens with one attached hydrogen (secondary N) is 1. The first kappa shape index (κ1) is 16.6. The van der Waals surface area contributed by atoms with Crippen molar-refractivity contribution in [3.05, 3.63) is 23.8 Å². The van der Waals surface area contributed by atoms with E-state index in [-0.39, 0.29) is 25.1 Å². The molecule has 3 N–H and O–H groups in total. The van der Waals surface area contributed by atoms with Crippen molar-refractivity contribution in [2.75, 3.05) is 6.79 Å². The van der Waals surface area contributed by atoms with Crippen LogP contribution in [0.25, 0.3) is 0 Å². The zero-order chi connectivity index (χ0) is 13.9. The van der Waals surface area contributed by atoms with Crippen LogP contribution in [0, 0.1) is 0 Å². The van der Waals surface area contributed by atoms with Crippen LogP contribution in [0.4, 0.5) is 0 Å². The van der Waals surface area contributed by atoms with Gasteiger partial charge >= 0.3 is 0 Å². The molecule has 2 rings (SSSR count). The van der Waals surface area contributed by atoms with Gasteiger partial charge in [0.15, 0.2) is 11.5 Å². The van der Waals surface area contributed by atoms with E-state index in [0.29, 0.717) is 13.0 Å². The van der Waals surface area contributed by atoms with Gasteiger partial charge in [-0.25, -0.2) is 0 Å². The van der Waals surface area contributed by atoms with Crippen molar-refractivity contribution in [3.8, 4) is 11.5 Å². The maximum atomic E-state index is 12.0. The van der Waals surface area contributed by atoms with Gasteiger partial charge in [0.1, 0.15) is 0 Å². The van der Waals surface area contributed by atoms with E-state index in [9.17, 15) is 4.79 Å². The number of rotatable bonds is 5. The van der Waals surface area contributed by atoms with Crippen molar-refractivity contribution in [1.29, 1.82) is 0 Å². The summed E-state index contributed by atoms with van der Waals surface area (Å²) in [5.41, 5.74) is 6.12. The van der Waals surface area contributed by atoms with Crippen LogP contribution in [0.3, 0.4) is 0 Å². The molecule has 1 aromatic rings. The highest BCUT2D eigenvalue weighted by Gasteiger charge is 2.26. The van der Waals surface area contributed by atoms with Gasteiger partial charge in [-0.05, 0) is 31.0 Å². The summed E-state index contributed by atoms with van der Waals surface area (Å²) >= 11 is 0. The molecule has 1 unspecified atom stereocenters. The summed E-state index contributed by atoms with van der Waals surface area (Å²) in [6, 6.07) is 5.62. The summed E-state index contributed by atoms with van der Waals surface area (Å²) in [7, 11) is 0. The number of hydrogen-bond acceptors (Lipinski definition) is 4. The summed E-state index contributed by atoms with van der Waals surface area (Å²) in [6.07, 6.45) is 1.55. The highest BCUT2D eigenvalue weighted by Crippen LogP contribution is 2.32. The number of carbonyl (C=O) groups excluding carboxylic acids is 1. The molecule has 1 heterocycles. The molecule has 0 radical (unpaired) electrons. The predicted molar refractivity (Wildman–Crippen MR) is 79.2 cm³/mol. The first-order valence-electron chi connectivity index (χ1n) is 6.48. The van der Waals surface area contributed by atoms with Gasteiger partial charge in [-0.2, -0.15) is 0 Å². The second-order valence-corrected chi connectivity index (χ2v) is 5.04. The highest BCUT2D eigenvalue weighted by atomic mass is 35.5. The number of amides is 1. The molecule has 1 aliphatic rings. The summed E-state index contributed by atoms with van der Waals surface area (Å²) in [5, 5.41) is 2.85. The molecule has 0 aromatic heterocycles. The topological polar surface area (TPSA) is 73.6 Å². The third-order valence-electron chi connectivity index (χ3n) is 3.18. The quantitative estimate of drug-likeness (QED) is 0.872. The number of nitrogens with two attached hydrogens (primary N) is 1. The van der Waals surface area contributed by atoms with Gasteiger partial charge < -0.3 is 20.5 Å². The molecule has 0 bridgehead atoms. The van der Waals surface area contributed by atoms with Gasteiger partial charge in [-0.3, -0.25) is 4.79 Å². The Labute approximate surface area is 125 Å². The molecular formula is C14H21ClN2O3. The van der Waals surface area contributed by atoms with Crippen LogP contribution in [-0.4, -0.2) is 18.2 Å². The van der Waals surface area contributed by atoms with Gasteiger partial charge in [-0.1, -0.05) is 19.4 Å². The van der Waals surface area contributed by atoms with Crippen LogP contribution in [-0.2, 0) is 11.3 Å². The third-order valence-corrected chi connectivity index (χ3v) is 3.18. The molecule has 1 atom stereocenters. The van der Waals surface area contributed by atoms with Crippen molar-refractivity contribution in [2.24, 2.45) is 5.73 Å². The van der Waals surface area contributed by atoms with Crippen LogP contribution >= 0.6 is 12.4 Å². The van der Waals surface area contributed by atoms with Crippen molar-refractivity contribution >= 4 is 18.3 Å². The molecule has 20 heavy (non-hydrogen) atoms. The van der Waals surface area contributed by atoms with Crippen LogP contribution in [0.5, 0.6) is 11.5 Å². The van der Waals surface area contributed by atoms with Crippen molar-refractivity contribution in [1.82, 2.24) is 5.32 Å². The first-order valence-corrected chi connectivity index (χ1v) is 6.48. The summed E-state index contributed by atoms with van der Waals surface area (Å²) in [5.74, 6) is 1.33. The Kier molecular flexibility index (Phi) is 5.65. The number of ether oxygens (including phenoxy) is 2. The van der Waals surface area contributed by atoms with Gasteiger partial charge in [0, 0.05) is 6.54 Å². The molecule has 1 aliphatic heterocycles. The average molecular weight is 301 g/mol. The van der Waals surface area contributed by atoms with Crippen LogP contribution in [0.15, 0.2) is 18.2 Å². The molecule has 0 spiro atoms. The Morgan fingerprint density at radius 2 is 2.10 bits per heavy atom. The SMILES string of the molecule is CCCC(C)(N)C(=O)NCc1ccc2c(c1)OCO2.Cl. The van der Waals surface area contributed by atoms with E-state index < -0.39 is 5.54 Å². The number of hydrogen-bond donors (Lipinski definition) is 2. The Morgan fingerprint density at radius 1 is 1.40 bits per heavy atom. The van der Waals surface area contributed by atoms with Crippen molar-refractivity contribution in [2.45, 2.75) is 38.8 Å². The first-order chi connectivity index (χ1) is 9.03. The number of benzene rings is 1. The third kappa shape index (κ3) is 3.77. The molecule has 6 heteroatoms. The predicted octanol–water partition coefficient (Wildman–Crippen LogP) is 1.97. The molecule has 112 valence electrons. The second kappa shape index (κ2) is 6.81. The van der Waals surface area contributed by atoms with E-state index >= 15 is 0 Å². The Hall–Kier alpha value is -1.46. The van der Waals surface area contributed by atoms with Crippen molar-refractivity contribution < 1.29 is 14.3 Å². The lowest BCUT2D eigenvalue weighted by molar-refractivity contribution is -0.126. The highest BCUT2D eigenvalue weighted by molar-refractivity contribution is 5.85. The second-order valence-electron chi connectivity index (χ2n) is 5.04. The van der Waals surface area contributed by atoms with Crippen molar-refractivity contribution in [3.63, 3.8) is 0 Å². The van der Waals surface area contributed by atoms with Gasteiger partial charge in [0.05, 0.1) is 5.54 Å². The van der Waals surface area contributed by atoms with Gasteiger partial charge in [-0.15, -0.1) is 12.4 Å². The zero-order valence-electron chi connectivity index (χ0n) is 11.8. The Morgan fingerprint density at radius 3 is 2.80 bits per heavy atom. The Balaban J connectivity index is 0.00000200. The lowest BCUT2D eigenvalue weighted by Crippen LogP contribution is -2.51.